The Morgan fingerprint density at radius 3 is 2.44 bits per heavy atom. The summed E-state index contributed by atoms with van der Waals surface area (Å²) in [4.78, 5) is 12.0. The maximum Gasteiger partial charge on any atom is 0.303 e. The highest BCUT2D eigenvalue weighted by atomic mass is 16.7. The average molecular weight is 547 g/mol. The van der Waals surface area contributed by atoms with Gasteiger partial charge in [-0.25, -0.2) is 0 Å². The van der Waals surface area contributed by atoms with E-state index < -0.39 is 46.5 Å². The molecule has 1 heterocycles. The van der Waals surface area contributed by atoms with Gasteiger partial charge in [-0.1, -0.05) is 46.3 Å². The SMILES string of the molecule is CC(=O)O[C@@H]([C@H]1C[C@@H](C)[C@H]2[C@@](O)(O1)[C@H](O)[C@@]1(C)C3=CCC4C(C)(C)[C@@H](O)CC[C@@]45C[C@@]35CC[C@]21C)C(C)(C)O. The van der Waals surface area contributed by atoms with E-state index in [1.165, 1.54) is 12.5 Å². The van der Waals surface area contributed by atoms with Crippen molar-refractivity contribution in [2.24, 2.45) is 44.8 Å². The number of aliphatic hydroxyl groups is 4. The smallest absolute Gasteiger partial charge is 0.303 e. The van der Waals surface area contributed by atoms with Crippen molar-refractivity contribution in [1.29, 1.82) is 0 Å². The summed E-state index contributed by atoms with van der Waals surface area (Å²) in [5, 5.41) is 46.5. The average Bonchev–Trinajstić information content (AvgIpc) is 3.45. The van der Waals surface area contributed by atoms with Gasteiger partial charge in [0.15, 0.2) is 11.9 Å². The van der Waals surface area contributed by atoms with Crippen molar-refractivity contribution in [2.75, 3.05) is 0 Å². The predicted octanol–water partition coefficient (Wildman–Crippen LogP) is 4.10. The number of fused-ring (bicyclic) bond motifs is 4. The number of esters is 1. The Bertz CT molecular complexity index is 1110. The molecule has 0 aromatic heterocycles. The summed E-state index contributed by atoms with van der Waals surface area (Å²) >= 11 is 0. The van der Waals surface area contributed by atoms with Crippen LogP contribution in [0, 0.1) is 44.8 Å². The van der Waals surface area contributed by atoms with Crippen LogP contribution in [0.1, 0.15) is 100 Å². The minimum Gasteiger partial charge on any atom is -0.457 e. The van der Waals surface area contributed by atoms with E-state index in [0.29, 0.717) is 12.3 Å². The Labute approximate surface area is 233 Å². The van der Waals surface area contributed by atoms with Gasteiger partial charge in [-0.15, -0.1) is 0 Å². The molecule has 220 valence electrons. The van der Waals surface area contributed by atoms with Crippen LogP contribution < -0.4 is 0 Å². The van der Waals surface area contributed by atoms with Crippen molar-refractivity contribution in [2.45, 2.75) is 136 Å². The third-order valence-corrected chi connectivity index (χ3v) is 13.5. The first-order valence-electron chi connectivity index (χ1n) is 15.2. The van der Waals surface area contributed by atoms with Gasteiger partial charge in [0.05, 0.1) is 11.7 Å². The van der Waals surface area contributed by atoms with E-state index in [-0.39, 0.29) is 34.2 Å². The van der Waals surface area contributed by atoms with Gasteiger partial charge in [0.2, 0.25) is 0 Å². The van der Waals surface area contributed by atoms with Crippen molar-refractivity contribution in [1.82, 2.24) is 0 Å². The fourth-order valence-electron chi connectivity index (χ4n) is 11.7. The lowest BCUT2D eigenvalue weighted by Gasteiger charge is -2.60. The molecule has 1 saturated heterocycles. The zero-order valence-electron chi connectivity index (χ0n) is 25.1. The Balaban J connectivity index is 1.42. The molecule has 7 heteroatoms. The second kappa shape index (κ2) is 7.89. The number of carbonyl (C=O) groups excluding carboxylic acids is 1. The predicted molar refractivity (Wildman–Crippen MR) is 145 cm³/mol. The Kier molecular flexibility index (Phi) is 5.69. The number of ether oxygens (including phenoxy) is 2. The summed E-state index contributed by atoms with van der Waals surface area (Å²) in [7, 11) is 0. The molecule has 4 N–H and O–H groups in total. The van der Waals surface area contributed by atoms with Gasteiger partial charge in [0.25, 0.3) is 0 Å². The van der Waals surface area contributed by atoms with Crippen LogP contribution in [-0.2, 0) is 14.3 Å². The normalized spacial score (nSPS) is 54.2. The van der Waals surface area contributed by atoms with Crippen LogP contribution in [0.4, 0.5) is 0 Å². The molecule has 4 saturated carbocycles. The van der Waals surface area contributed by atoms with Gasteiger partial charge in [0, 0.05) is 18.3 Å². The van der Waals surface area contributed by atoms with Crippen LogP contribution in [0.25, 0.3) is 0 Å². The monoisotopic (exact) mass is 546 g/mol. The molecule has 0 aromatic carbocycles. The second-order valence-corrected chi connectivity index (χ2v) is 16.0. The Morgan fingerprint density at radius 2 is 1.82 bits per heavy atom. The van der Waals surface area contributed by atoms with Crippen molar-refractivity contribution >= 4 is 5.97 Å². The minimum atomic E-state index is -1.83. The van der Waals surface area contributed by atoms with Crippen LogP contribution >= 0.6 is 0 Å². The first-order valence-corrected chi connectivity index (χ1v) is 15.2. The number of carbonyl (C=O) groups is 1. The van der Waals surface area contributed by atoms with Crippen LogP contribution in [-0.4, -0.2) is 62.2 Å². The van der Waals surface area contributed by atoms with Gasteiger partial charge >= 0.3 is 5.97 Å². The molecular weight excluding hydrogens is 496 g/mol. The number of aliphatic hydroxyl groups excluding tert-OH is 2. The molecule has 0 radical (unpaired) electrons. The van der Waals surface area contributed by atoms with Gasteiger partial charge in [-0.05, 0) is 92.3 Å². The lowest BCUT2D eigenvalue weighted by molar-refractivity contribution is -0.341. The van der Waals surface area contributed by atoms with E-state index in [1.807, 2.05) is 0 Å². The standard InChI is InChI=1S/C32H50O7/c1-17-15-19(24(27(5,6)36)38-18(2)33)39-32(37)23(17)28(7)13-14-31-16-30(31)12-11-22(34)26(3,4)20(30)9-10-21(31)29(28,8)25(32)35/h10,17,19-20,22-25,34-37H,9,11-16H2,1-8H3/t17-,19-,20?,22+,23-,24+,25-,28-,29-,30-,31+,32-/m1/s1. The van der Waals surface area contributed by atoms with E-state index in [9.17, 15) is 25.2 Å². The molecule has 0 bridgehead atoms. The van der Waals surface area contributed by atoms with Crippen molar-refractivity contribution in [3.05, 3.63) is 11.6 Å². The fraction of sp³-hybridized carbons (Fsp3) is 0.906. The Hall–Kier alpha value is -0.990. The molecule has 2 spiro atoms. The topological polar surface area (TPSA) is 116 Å². The van der Waals surface area contributed by atoms with Crippen LogP contribution in [0.5, 0.6) is 0 Å². The number of allylic oxidation sites excluding steroid dienone is 1. The third kappa shape index (κ3) is 3.15. The first-order chi connectivity index (χ1) is 17.8. The molecule has 0 aromatic rings. The summed E-state index contributed by atoms with van der Waals surface area (Å²) in [5.74, 6) is -2.28. The van der Waals surface area contributed by atoms with Crippen molar-refractivity contribution in [3.8, 4) is 0 Å². The largest absolute Gasteiger partial charge is 0.457 e. The third-order valence-electron chi connectivity index (χ3n) is 13.5. The summed E-state index contributed by atoms with van der Waals surface area (Å²) in [6, 6.07) is 0. The maximum atomic E-state index is 12.4. The molecule has 5 fully saturated rings. The van der Waals surface area contributed by atoms with E-state index in [4.69, 9.17) is 9.47 Å². The summed E-state index contributed by atoms with van der Waals surface area (Å²) in [6.07, 6.45) is 5.44. The molecule has 5 aliphatic carbocycles. The van der Waals surface area contributed by atoms with Crippen LogP contribution in [0.2, 0.25) is 0 Å². The lowest BCUT2D eigenvalue weighted by atomic mass is 9.44. The molecule has 0 amide bonds. The quantitative estimate of drug-likeness (QED) is 0.311. The van der Waals surface area contributed by atoms with Gasteiger partial charge in [-0.3, -0.25) is 4.79 Å². The maximum absolute atomic E-state index is 12.4. The zero-order chi connectivity index (χ0) is 28.8. The number of rotatable bonds is 3. The molecular formula is C32H50O7. The summed E-state index contributed by atoms with van der Waals surface area (Å²) < 4.78 is 12.0. The van der Waals surface area contributed by atoms with Crippen LogP contribution in [0.15, 0.2) is 11.6 Å². The van der Waals surface area contributed by atoms with Crippen molar-refractivity contribution in [3.63, 3.8) is 0 Å². The molecule has 39 heavy (non-hydrogen) atoms. The summed E-state index contributed by atoms with van der Waals surface area (Å²) in [6.45, 7) is 15.4. The molecule has 12 atom stereocenters. The molecule has 6 aliphatic rings. The van der Waals surface area contributed by atoms with E-state index >= 15 is 0 Å². The lowest BCUT2D eigenvalue weighted by Crippen LogP contribution is -2.61. The molecule has 1 unspecified atom stereocenters. The molecule has 1 aliphatic heterocycles. The van der Waals surface area contributed by atoms with Gasteiger partial charge in [-0.2, -0.15) is 0 Å². The van der Waals surface area contributed by atoms with Gasteiger partial charge < -0.3 is 29.9 Å². The highest BCUT2D eigenvalue weighted by Gasteiger charge is 2.85. The highest BCUT2D eigenvalue weighted by molar-refractivity contribution is 5.66. The Morgan fingerprint density at radius 1 is 1.15 bits per heavy atom. The zero-order valence-corrected chi connectivity index (χ0v) is 25.1. The molecule has 7 nitrogen and oxygen atoms in total. The first kappa shape index (κ1) is 28.1. The summed E-state index contributed by atoms with van der Waals surface area (Å²) in [5.41, 5.74) is -1.16. The van der Waals surface area contributed by atoms with E-state index in [0.717, 1.165) is 38.5 Å². The fourth-order valence-corrected chi connectivity index (χ4v) is 11.7. The second-order valence-electron chi connectivity index (χ2n) is 16.0. The van der Waals surface area contributed by atoms with E-state index in [1.54, 1.807) is 13.8 Å². The minimum absolute atomic E-state index is 0.00241. The van der Waals surface area contributed by atoms with Gasteiger partial charge in [0.1, 0.15) is 12.2 Å². The number of hydrogen-bond acceptors (Lipinski definition) is 7. The van der Waals surface area contributed by atoms with E-state index in [2.05, 4.69) is 40.7 Å². The highest BCUT2D eigenvalue weighted by Crippen LogP contribution is 2.88. The molecule has 6 rings (SSSR count). The van der Waals surface area contributed by atoms with Crippen molar-refractivity contribution < 1.29 is 34.7 Å². The number of hydrogen-bond donors (Lipinski definition) is 4. The van der Waals surface area contributed by atoms with Crippen LogP contribution in [0.3, 0.4) is 0 Å².